The summed E-state index contributed by atoms with van der Waals surface area (Å²) in [5, 5.41) is 2.96. The Balaban J connectivity index is 1.81. The third kappa shape index (κ3) is 4.82. The average Bonchev–Trinajstić information content (AvgIpc) is 2.97. The predicted molar refractivity (Wildman–Crippen MR) is 96.8 cm³/mol. The van der Waals surface area contributed by atoms with E-state index >= 15 is 0 Å². The maximum absolute atomic E-state index is 12.9. The van der Waals surface area contributed by atoms with Crippen LogP contribution in [0.25, 0.3) is 6.08 Å². The second-order valence-electron chi connectivity index (χ2n) is 5.25. The van der Waals surface area contributed by atoms with Crippen LogP contribution in [0.1, 0.15) is 5.56 Å². The van der Waals surface area contributed by atoms with Gasteiger partial charge in [-0.05, 0) is 59.8 Å². The molecule has 9 heteroatoms. The smallest absolute Gasteiger partial charge is 0.387 e. The lowest BCUT2D eigenvalue weighted by molar-refractivity contribution is -0.115. The van der Waals surface area contributed by atoms with E-state index in [1.54, 1.807) is 6.08 Å². The van der Waals surface area contributed by atoms with Gasteiger partial charge in [0.05, 0.1) is 17.7 Å². The van der Waals surface area contributed by atoms with E-state index in [-0.39, 0.29) is 23.2 Å². The largest absolute Gasteiger partial charge is 0.493 e. The molecule has 5 nitrogen and oxygen atoms in total. The summed E-state index contributed by atoms with van der Waals surface area (Å²) in [6.07, 6.45) is 1.57. The van der Waals surface area contributed by atoms with Crippen LogP contribution in [0.3, 0.4) is 0 Å². The van der Waals surface area contributed by atoms with Gasteiger partial charge in [0.2, 0.25) is 0 Å². The van der Waals surface area contributed by atoms with E-state index in [9.17, 15) is 18.0 Å². The lowest BCUT2D eigenvalue weighted by atomic mass is 10.2. The monoisotopic (exact) mass is 394 g/mol. The third-order valence-corrected chi connectivity index (χ3v) is 4.32. The molecule has 0 spiro atoms. The second kappa shape index (κ2) is 8.17. The number of nitrogens with one attached hydrogen (secondary N) is 1. The Hall–Kier alpha value is -2.94. The Morgan fingerprint density at radius 2 is 1.89 bits per heavy atom. The number of amides is 1. The summed E-state index contributed by atoms with van der Waals surface area (Å²) in [7, 11) is 1.33. The minimum Gasteiger partial charge on any atom is -0.493 e. The number of thioether (sulfide) groups is 1. The molecule has 1 heterocycles. The molecule has 1 saturated heterocycles. The van der Waals surface area contributed by atoms with Crippen LogP contribution in [0.15, 0.2) is 52.4 Å². The van der Waals surface area contributed by atoms with Gasteiger partial charge < -0.3 is 14.8 Å². The number of alkyl halides is 2. The van der Waals surface area contributed by atoms with Gasteiger partial charge in [-0.25, -0.2) is 9.38 Å². The molecule has 0 bridgehead atoms. The van der Waals surface area contributed by atoms with E-state index in [0.717, 1.165) is 11.8 Å². The number of rotatable bonds is 5. The number of aliphatic imine (C=N–C) groups is 1. The van der Waals surface area contributed by atoms with Crippen molar-refractivity contribution in [3.05, 3.63) is 58.8 Å². The molecule has 0 unspecified atom stereocenters. The van der Waals surface area contributed by atoms with Gasteiger partial charge in [0.1, 0.15) is 5.82 Å². The lowest BCUT2D eigenvalue weighted by Crippen LogP contribution is -2.19. The quantitative estimate of drug-likeness (QED) is 0.767. The minimum atomic E-state index is -2.97. The molecule has 1 fully saturated rings. The summed E-state index contributed by atoms with van der Waals surface area (Å²) in [5.74, 6) is -0.714. The van der Waals surface area contributed by atoms with Gasteiger partial charge in [-0.15, -0.1) is 0 Å². The van der Waals surface area contributed by atoms with Crippen molar-refractivity contribution in [3.63, 3.8) is 0 Å². The minimum absolute atomic E-state index is 0.100. The number of benzene rings is 2. The Kier molecular flexibility index (Phi) is 5.70. The molecule has 0 saturated carbocycles. The van der Waals surface area contributed by atoms with Crippen molar-refractivity contribution in [2.75, 3.05) is 7.11 Å². The van der Waals surface area contributed by atoms with Gasteiger partial charge in [0, 0.05) is 0 Å². The van der Waals surface area contributed by atoms with E-state index in [1.165, 1.54) is 49.6 Å². The number of halogens is 3. The molecule has 2 aromatic carbocycles. The van der Waals surface area contributed by atoms with E-state index in [0.29, 0.717) is 21.3 Å². The zero-order chi connectivity index (χ0) is 19.4. The van der Waals surface area contributed by atoms with Crippen LogP contribution in [0, 0.1) is 5.82 Å². The van der Waals surface area contributed by atoms with Crippen LogP contribution >= 0.6 is 11.8 Å². The fourth-order valence-corrected chi connectivity index (χ4v) is 3.07. The van der Waals surface area contributed by atoms with Crippen LogP contribution in [-0.2, 0) is 4.79 Å². The number of hydrogen-bond acceptors (Lipinski definition) is 5. The summed E-state index contributed by atoms with van der Waals surface area (Å²) in [6.45, 7) is -2.97. The first kappa shape index (κ1) is 18.8. The van der Waals surface area contributed by atoms with E-state index in [4.69, 9.17) is 4.74 Å². The van der Waals surface area contributed by atoms with Crippen molar-refractivity contribution < 1.29 is 27.4 Å². The van der Waals surface area contributed by atoms with Gasteiger partial charge in [0.25, 0.3) is 5.91 Å². The standard InChI is InChI=1S/C18H13F3N2O3S/c1-25-14-8-10(2-7-13(14)26-17(20)21)9-15-16(24)23-18(27-15)22-12-5-3-11(19)4-6-12/h2-9,17H,1H3,(H,22,23,24)/b15-9-. The van der Waals surface area contributed by atoms with Crippen LogP contribution < -0.4 is 14.8 Å². The molecule has 0 radical (unpaired) electrons. The Morgan fingerprint density at radius 3 is 2.56 bits per heavy atom. The summed E-state index contributed by atoms with van der Waals surface area (Å²) >= 11 is 1.11. The molecular weight excluding hydrogens is 381 g/mol. The number of methoxy groups -OCH3 is 1. The zero-order valence-corrected chi connectivity index (χ0v) is 14.7. The Labute approximate surface area is 156 Å². The molecule has 3 rings (SSSR count). The highest BCUT2D eigenvalue weighted by molar-refractivity contribution is 8.18. The first-order valence-corrected chi connectivity index (χ1v) is 8.44. The summed E-state index contributed by atoms with van der Waals surface area (Å²) in [5.41, 5.74) is 1.06. The van der Waals surface area contributed by atoms with Crippen molar-refractivity contribution in [3.8, 4) is 11.5 Å². The van der Waals surface area contributed by atoms with Gasteiger partial charge in [-0.2, -0.15) is 8.78 Å². The summed E-state index contributed by atoms with van der Waals surface area (Å²) in [6, 6.07) is 9.86. The SMILES string of the molecule is COc1cc(/C=C2\SC(=Nc3ccc(F)cc3)NC2=O)ccc1OC(F)F. The van der Waals surface area contributed by atoms with Crippen molar-refractivity contribution in [1.82, 2.24) is 5.32 Å². The highest BCUT2D eigenvalue weighted by atomic mass is 32.2. The number of carbonyl (C=O) groups is 1. The second-order valence-corrected chi connectivity index (χ2v) is 6.28. The molecule has 140 valence electrons. The first-order chi connectivity index (χ1) is 12.9. The number of carbonyl (C=O) groups excluding carboxylic acids is 1. The predicted octanol–water partition coefficient (Wildman–Crippen LogP) is 4.33. The lowest BCUT2D eigenvalue weighted by Gasteiger charge is -2.10. The molecule has 1 aliphatic heterocycles. The summed E-state index contributed by atoms with van der Waals surface area (Å²) < 4.78 is 47.1. The van der Waals surface area contributed by atoms with Gasteiger partial charge in [0.15, 0.2) is 16.7 Å². The first-order valence-electron chi connectivity index (χ1n) is 7.62. The number of ether oxygens (including phenoxy) is 2. The highest BCUT2D eigenvalue weighted by Gasteiger charge is 2.24. The maximum Gasteiger partial charge on any atom is 0.387 e. The zero-order valence-electron chi connectivity index (χ0n) is 13.9. The number of amidine groups is 1. The molecule has 0 aliphatic carbocycles. The normalized spacial score (nSPS) is 16.9. The van der Waals surface area contributed by atoms with Crippen molar-refractivity contribution in [1.29, 1.82) is 0 Å². The van der Waals surface area contributed by atoms with Crippen molar-refractivity contribution in [2.45, 2.75) is 6.61 Å². The fraction of sp³-hybridized carbons (Fsp3) is 0.111. The van der Waals surface area contributed by atoms with Gasteiger partial charge >= 0.3 is 6.61 Å². The van der Waals surface area contributed by atoms with E-state index in [2.05, 4.69) is 15.0 Å². The third-order valence-electron chi connectivity index (χ3n) is 3.41. The summed E-state index contributed by atoms with van der Waals surface area (Å²) in [4.78, 5) is 16.7. The van der Waals surface area contributed by atoms with Crippen molar-refractivity contribution in [2.24, 2.45) is 4.99 Å². The molecule has 2 aromatic rings. The molecule has 0 aromatic heterocycles. The molecule has 1 amide bonds. The van der Waals surface area contributed by atoms with E-state index in [1.807, 2.05) is 0 Å². The van der Waals surface area contributed by atoms with Gasteiger partial charge in [-0.3, -0.25) is 4.79 Å². The van der Waals surface area contributed by atoms with Crippen LogP contribution in [0.4, 0.5) is 18.9 Å². The molecule has 1 N–H and O–H groups in total. The van der Waals surface area contributed by atoms with Crippen LogP contribution in [-0.4, -0.2) is 24.8 Å². The van der Waals surface area contributed by atoms with Crippen molar-refractivity contribution >= 4 is 34.6 Å². The highest BCUT2D eigenvalue weighted by Crippen LogP contribution is 2.33. The maximum atomic E-state index is 12.9. The number of hydrogen-bond donors (Lipinski definition) is 1. The van der Waals surface area contributed by atoms with E-state index < -0.39 is 6.61 Å². The molecule has 27 heavy (non-hydrogen) atoms. The topological polar surface area (TPSA) is 59.9 Å². The average molecular weight is 394 g/mol. The number of nitrogens with zero attached hydrogens (tertiary/aromatic N) is 1. The molecule has 0 atom stereocenters. The van der Waals surface area contributed by atoms with Crippen LogP contribution in [0.5, 0.6) is 11.5 Å². The van der Waals surface area contributed by atoms with Gasteiger partial charge in [-0.1, -0.05) is 6.07 Å². The Bertz CT molecular complexity index is 915. The van der Waals surface area contributed by atoms with Crippen LogP contribution in [0.2, 0.25) is 0 Å². The fourth-order valence-electron chi connectivity index (χ4n) is 2.23. The Morgan fingerprint density at radius 1 is 1.15 bits per heavy atom. The molecule has 1 aliphatic rings. The molecular formula is C18H13F3N2O3S.